The molecule has 1 heteroatoms. The molecular formula is C10H14O. The van der Waals surface area contributed by atoms with Crippen LogP contribution in [-0.4, -0.2) is 5.78 Å². The minimum absolute atomic E-state index is 0.409. The Morgan fingerprint density at radius 2 is 2.18 bits per heavy atom. The van der Waals surface area contributed by atoms with Gasteiger partial charge in [-0.2, -0.15) is 0 Å². The highest BCUT2D eigenvalue weighted by molar-refractivity contribution is 5.81. The molecule has 0 aliphatic heterocycles. The minimum Gasteiger partial charge on any atom is -0.300 e. The van der Waals surface area contributed by atoms with Crippen molar-refractivity contribution >= 4 is 5.78 Å². The van der Waals surface area contributed by atoms with E-state index < -0.39 is 0 Å². The molecule has 2 aliphatic rings. The Morgan fingerprint density at radius 3 is 2.73 bits per heavy atom. The first kappa shape index (κ1) is 7.08. The zero-order valence-corrected chi connectivity index (χ0v) is 6.81. The molecule has 0 bridgehead atoms. The monoisotopic (exact) mass is 150 g/mol. The first-order chi connectivity index (χ1) is 5.31. The van der Waals surface area contributed by atoms with E-state index in [4.69, 9.17) is 0 Å². The molecule has 2 aliphatic carbocycles. The lowest BCUT2D eigenvalue weighted by Crippen LogP contribution is -2.17. The van der Waals surface area contributed by atoms with Crippen LogP contribution in [0.25, 0.3) is 0 Å². The highest BCUT2D eigenvalue weighted by Gasteiger charge is 2.37. The summed E-state index contributed by atoms with van der Waals surface area (Å²) in [5.74, 6) is 0.486. The number of hydrogen-bond donors (Lipinski definition) is 0. The maximum Gasteiger partial charge on any atom is 0.133 e. The first-order valence-corrected chi connectivity index (χ1v) is 4.48. The number of carbonyl (C=O) groups is 1. The Balaban J connectivity index is 2.11. The van der Waals surface area contributed by atoms with E-state index in [1.54, 1.807) is 0 Å². The Labute approximate surface area is 67.5 Å². The maximum atomic E-state index is 11.1. The van der Waals surface area contributed by atoms with Crippen LogP contribution in [0.3, 0.4) is 0 Å². The van der Waals surface area contributed by atoms with E-state index in [-0.39, 0.29) is 0 Å². The van der Waals surface area contributed by atoms with E-state index in [9.17, 15) is 4.79 Å². The molecule has 0 radical (unpaired) electrons. The van der Waals surface area contributed by atoms with Gasteiger partial charge in [0, 0.05) is 12.8 Å². The van der Waals surface area contributed by atoms with Crippen LogP contribution >= 0.6 is 0 Å². The van der Waals surface area contributed by atoms with E-state index in [2.05, 4.69) is 12.2 Å². The van der Waals surface area contributed by atoms with Crippen molar-refractivity contribution in [2.24, 2.45) is 5.41 Å². The van der Waals surface area contributed by atoms with E-state index in [1.807, 2.05) is 0 Å². The second-order valence-corrected chi connectivity index (χ2v) is 3.93. The summed E-state index contributed by atoms with van der Waals surface area (Å²) in [6.07, 6.45) is 10.9. The van der Waals surface area contributed by atoms with Gasteiger partial charge in [0.15, 0.2) is 0 Å². The van der Waals surface area contributed by atoms with Gasteiger partial charge < -0.3 is 0 Å². The predicted molar refractivity (Wildman–Crippen MR) is 44.3 cm³/mol. The zero-order valence-electron chi connectivity index (χ0n) is 6.81. The molecule has 1 saturated carbocycles. The van der Waals surface area contributed by atoms with Gasteiger partial charge in [-0.1, -0.05) is 12.2 Å². The Bertz CT molecular complexity index is 201. The van der Waals surface area contributed by atoms with Crippen molar-refractivity contribution in [3.8, 4) is 0 Å². The van der Waals surface area contributed by atoms with Crippen LogP contribution < -0.4 is 0 Å². The molecule has 0 aromatic heterocycles. The van der Waals surface area contributed by atoms with E-state index in [0.29, 0.717) is 11.2 Å². The van der Waals surface area contributed by atoms with Crippen LogP contribution in [0.15, 0.2) is 12.2 Å². The van der Waals surface area contributed by atoms with Gasteiger partial charge >= 0.3 is 0 Å². The van der Waals surface area contributed by atoms with E-state index in [0.717, 1.165) is 25.7 Å². The standard InChI is InChI=1S/C10H14O/c11-9-4-7-10(8-9)5-2-1-3-6-10/h1-2H,3-8H2. The molecule has 1 unspecified atom stereocenters. The Kier molecular flexibility index (Phi) is 1.59. The van der Waals surface area contributed by atoms with Gasteiger partial charge in [0.1, 0.15) is 5.78 Å². The van der Waals surface area contributed by atoms with Crippen LogP contribution in [0.5, 0.6) is 0 Å². The van der Waals surface area contributed by atoms with Crippen molar-refractivity contribution in [1.29, 1.82) is 0 Å². The van der Waals surface area contributed by atoms with Crippen molar-refractivity contribution in [1.82, 2.24) is 0 Å². The summed E-state index contributed by atoms with van der Waals surface area (Å²) in [5.41, 5.74) is 0.409. The number of Topliss-reactive ketones (excluding diaryl/α,β-unsaturated/α-hetero) is 1. The third-order valence-electron chi connectivity index (χ3n) is 3.07. The normalized spacial score (nSPS) is 36.9. The third kappa shape index (κ3) is 1.24. The minimum atomic E-state index is 0.409. The maximum absolute atomic E-state index is 11.1. The lowest BCUT2D eigenvalue weighted by molar-refractivity contribution is -0.118. The van der Waals surface area contributed by atoms with Crippen molar-refractivity contribution in [2.75, 3.05) is 0 Å². The molecule has 1 nitrogen and oxygen atoms in total. The number of ketones is 1. The van der Waals surface area contributed by atoms with Crippen LogP contribution in [0, 0.1) is 5.41 Å². The molecule has 1 atom stereocenters. The molecule has 0 amide bonds. The molecule has 11 heavy (non-hydrogen) atoms. The van der Waals surface area contributed by atoms with Crippen LogP contribution in [-0.2, 0) is 4.79 Å². The summed E-state index contributed by atoms with van der Waals surface area (Å²) >= 11 is 0. The molecule has 2 rings (SSSR count). The molecule has 0 N–H and O–H groups in total. The summed E-state index contributed by atoms with van der Waals surface area (Å²) < 4.78 is 0. The van der Waals surface area contributed by atoms with Crippen LogP contribution in [0.4, 0.5) is 0 Å². The van der Waals surface area contributed by atoms with Gasteiger partial charge in [-0.05, 0) is 31.1 Å². The second kappa shape index (κ2) is 2.47. The fourth-order valence-electron chi connectivity index (χ4n) is 2.33. The number of hydrogen-bond acceptors (Lipinski definition) is 1. The molecule has 0 aromatic rings. The van der Waals surface area contributed by atoms with Crippen molar-refractivity contribution in [3.63, 3.8) is 0 Å². The highest BCUT2D eigenvalue weighted by atomic mass is 16.1. The van der Waals surface area contributed by atoms with Crippen molar-refractivity contribution in [3.05, 3.63) is 12.2 Å². The topological polar surface area (TPSA) is 17.1 Å². The third-order valence-corrected chi connectivity index (χ3v) is 3.07. The highest BCUT2D eigenvalue weighted by Crippen LogP contribution is 2.45. The molecular weight excluding hydrogens is 136 g/mol. The van der Waals surface area contributed by atoms with Gasteiger partial charge in [-0.15, -0.1) is 0 Å². The van der Waals surface area contributed by atoms with Crippen molar-refractivity contribution in [2.45, 2.75) is 38.5 Å². The fourth-order valence-corrected chi connectivity index (χ4v) is 2.33. The molecule has 0 aromatic carbocycles. The summed E-state index contributed by atoms with van der Waals surface area (Å²) in [6, 6.07) is 0. The van der Waals surface area contributed by atoms with Crippen molar-refractivity contribution < 1.29 is 4.79 Å². The average molecular weight is 150 g/mol. The van der Waals surface area contributed by atoms with Gasteiger partial charge in [-0.25, -0.2) is 0 Å². The predicted octanol–water partition coefficient (Wildman–Crippen LogP) is 2.47. The van der Waals surface area contributed by atoms with E-state index >= 15 is 0 Å². The Hall–Kier alpha value is -0.590. The molecule has 0 saturated heterocycles. The summed E-state index contributed by atoms with van der Waals surface area (Å²) in [4.78, 5) is 11.1. The quantitative estimate of drug-likeness (QED) is 0.485. The lowest BCUT2D eigenvalue weighted by Gasteiger charge is -2.28. The lowest BCUT2D eigenvalue weighted by atomic mass is 9.76. The molecule has 60 valence electrons. The fraction of sp³-hybridized carbons (Fsp3) is 0.700. The smallest absolute Gasteiger partial charge is 0.133 e. The zero-order chi connectivity index (χ0) is 7.73. The van der Waals surface area contributed by atoms with Gasteiger partial charge in [-0.3, -0.25) is 4.79 Å². The summed E-state index contributed by atoms with van der Waals surface area (Å²) in [5, 5.41) is 0. The van der Waals surface area contributed by atoms with Gasteiger partial charge in [0.25, 0.3) is 0 Å². The second-order valence-electron chi connectivity index (χ2n) is 3.93. The molecule has 1 fully saturated rings. The number of allylic oxidation sites excluding steroid dienone is 2. The van der Waals surface area contributed by atoms with Crippen LogP contribution in [0.2, 0.25) is 0 Å². The largest absolute Gasteiger partial charge is 0.300 e. The number of carbonyl (C=O) groups excluding carboxylic acids is 1. The van der Waals surface area contributed by atoms with E-state index in [1.165, 1.54) is 12.8 Å². The SMILES string of the molecule is O=C1CCC2(CC=CCC2)C1. The van der Waals surface area contributed by atoms with Gasteiger partial charge in [0.2, 0.25) is 0 Å². The first-order valence-electron chi connectivity index (χ1n) is 4.48. The Morgan fingerprint density at radius 1 is 1.27 bits per heavy atom. The summed E-state index contributed by atoms with van der Waals surface area (Å²) in [6.45, 7) is 0. The van der Waals surface area contributed by atoms with Crippen LogP contribution in [0.1, 0.15) is 38.5 Å². The van der Waals surface area contributed by atoms with Gasteiger partial charge in [0.05, 0.1) is 0 Å². The number of rotatable bonds is 0. The summed E-state index contributed by atoms with van der Waals surface area (Å²) in [7, 11) is 0. The molecule has 0 heterocycles. The molecule has 1 spiro atoms. The average Bonchev–Trinajstić information content (AvgIpc) is 2.34.